The average Bonchev–Trinajstić information content (AvgIpc) is 3.21. The van der Waals surface area contributed by atoms with E-state index in [1.165, 1.54) is 0 Å². The lowest BCUT2D eigenvalue weighted by atomic mass is 9.91. The fraction of sp³-hybridized carbons (Fsp3) is 0.227. The van der Waals surface area contributed by atoms with E-state index in [9.17, 15) is 9.59 Å². The van der Waals surface area contributed by atoms with Crippen molar-refractivity contribution in [2.24, 2.45) is 5.92 Å². The number of aromatic nitrogens is 2. The van der Waals surface area contributed by atoms with E-state index in [0.717, 1.165) is 23.1 Å². The number of imidazole rings is 1. The molecule has 138 valence electrons. The summed E-state index contributed by atoms with van der Waals surface area (Å²) in [6.45, 7) is 0. The third kappa shape index (κ3) is 5.64. The van der Waals surface area contributed by atoms with Crippen LogP contribution in [0.4, 0.5) is 0 Å². The Morgan fingerprint density at radius 1 is 0.963 bits per heavy atom. The summed E-state index contributed by atoms with van der Waals surface area (Å²) >= 11 is 0. The molecule has 0 aliphatic heterocycles. The fourth-order valence-corrected chi connectivity index (χ4v) is 3.12. The molecule has 5 heteroatoms. The van der Waals surface area contributed by atoms with Gasteiger partial charge in [-0.2, -0.15) is 0 Å². The van der Waals surface area contributed by atoms with Gasteiger partial charge in [0, 0.05) is 24.2 Å². The molecule has 1 amide bonds. The quantitative estimate of drug-likeness (QED) is 0.576. The van der Waals surface area contributed by atoms with Crippen molar-refractivity contribution in [1.82, 2.24) is 15.3 Å². The first-order chi connectivity index (χ1) is 13.2. The summed E-state index contributed by atoms with van der Waals surface area (Å²) in [5.41, 5.74) is 3.02. The third-order valence-corrected chi connectivity index (χ3v) is 4.51. The van der Waals surface area contributed by atoms with Crippen molar-refractivity contribution in [1.29, 1.82) is 0 Å². The highest BCUT2D eigenvalue weighted by Crippen LogP contribution is 2.16. The van der Waals surface area contributed by atoms with Gasteiger partial charge in [-0.3, -0.25) is 4.79 Å². The predicted octanol–water partition coefficient (Wildman–Crippen LogP) is 2.74. The second kappa shape index (κ2) is 9.48. The lowest BCUT2D eigenvalue weighted by Crippen LogP contribution is -2.42. The van der Waals surface area contributed by atoms with E-state index in [1.807, 2.05) is 60.7 Å². The number of hydrogen-bond acceptors (Lipinski definition) is 3. The summed E-state index contributed by atoms with van der Waals surface area (Å²) in [6, 6.07) is 19.3. The third-order valence-electron chi connectivity index (χ3n) is 4.51. The van der Waals surface area contributed by atoms with E-state index in [1.54, 1.807) is 12.5 Å². The van der Waals surface area contributed by atoms with Crippen LogP contribution in [-0.4, -0.2) is 28.2 Å². The van der Waals surface area contributed by atoms with Crippen molar-refractivity contribution in [2.75, 3.05) is 0 Å². The van der Waals surface area contributed by atoms with Crippen LogP contribution in [0.15, 0.2) is 73.2 Å². The van der Waals surface area contributed by atoms with Crippen LogP contribution in [0.2, 0.25) is 0 Å². The number of benzene rings is 2. The van der Waals surface area contributed by atoms with E-state index < -0.39 is 6.04 Å². The maximum atomic E-state index is 13.0. The van der Waals surface area contributed by atoms with Crippen molar-refractivity contribution < 1.29 is 9.59 Å². The first-order valence-electron chi connectivity index (χ1n) is 9.05. The number of carbonyl (C=O) groups is 2. The minimum Gasteiger partial charge on any atom is -0.348 e. The van der Waals surface area contributed by atoms with Gasteiger partial charge in [0.15, 0.2) is 0 Å². The Labute approximate surface area is 158 Å². The van der Waals surface area contributed by atoms with Gasteiger partial charge >= 0.3 is 0 Å². The topological polar surface area (TPSA) is 74.8 Å². The monoisotopic (exact) mass is 361 g/mol. The molecule has 5 nitrogen and oxygen atoms in total. The lowest BCUT2D eigenvalue weighted by molar-refractivity contribution is -0.127. The smallest absolute Gasteiger partial charge is 0.224 e. The number of aldehydes is 1. The Kier molecular flexibility index (Phi) is 6.52. The molecule has 1 atom stereocenters. The number of aromatic amines is 1. The second-order valence-corrected chi connectivity index (χ2v) is 6.61. The molecule has 2 N–H and O–H groups in total. The van der Waals surface area contributed by atoms with Gasteiger partial charge in [-0.05, 0) is 24.0 Å². The number of amides is 1. The molecule has 3 aromatic rings. The van der Waals surface area contributed by atoms with Crippen molar-refractivity contribution in [3.63, 3.8) is 0 Å². The van der Waals surface area contributed by atoms with Gasteiger partial charge < -0.3 is 15.1 Å². The second-order valence-electron chi connectivity index (χ2n) is 6.61. The van der Waals surface area contributed by atoms with Gasteiger partial charge in [-0.15, -0.1) is 0 Å². The molecule has 0 aliphatic rings. The Hall–Kier alpha value is -3.21. The number of rotatable bonds is 9. The highest BCUT2D eigenvalue weighted by Gasteiger charge is 2.22. The predicted molar refractivity (Wildman–Crippen MR) is 104 cm³/mol. The summed E-state index contributed by atoms with van der Waals surface area (Å²) < 4.78 is 0. The number of hydrogen-bond donors (Lipinski definition) is 2. The van der Waals surface area contributed by atoms with Crippen LogP contribution in [0.5, 0.6) is 0 Å². The van der Waals surface area contributed by atoms with Crippen molar-refractivity contribution in [3.8, 4) is 0 Å². The first kappa shape index (κ1) is 18.6. The highest BCUT2D eigenvalue weighted by molar-refractivity contribution is 5.82. The largest absolute Gasteiger partial charge is 0.348 e. The lowest BCUT2D eigenvalue weighted by Gasteiger charge is -2.20. The molecule has 0 spiro atoms. The molecule has 0 saturated carbocycles. The van der Waals surface area contributed by atoms with E-state index in [2.05, 4.69) is 15.3 Å². The van der Waals surface area contributed by atoms with Crippen LogP contribution >= 0.6 is 0 Å². The summed E-state index contributed by atoms with van der Waals surface area (Å²) in [5, 5.41) is 2.89. The summed E-state index contributed by atoms with van der Waals surface area (Å²) in [5.74, 6) is -0.363. The van der Waals surface area contributed by atoms with Crippen molar-refractivity contribution in [2.45, 2.75) is 25.3 Å². The zero-order valence-electron chi connectivity index (χ0n) is 15.0. The molecule has 0 radical (unpaired) electrons. The van der Waals surface area contributed by atoms with Gasteiger partial charge in [-0.1, -0.05) is 60.7 Å². The van der Waals surface area contributed by atoms with E-state index >= 15 is 0 Å². The van der Waals surface area contributed by atoms with Gasteiger partial charge in [0.05, 0.1) is 12.4 Å². The zero-order valence-corrected chi connectivity index (χ0v) is 15.0. The number of carbonyl (C=O) groups excluding carboxylic acids is 2. The summed E-state index contributed by atoms with van der Waals surface area (Å²) in [7, 11) is 0. The maximum Gasteiger partial charge on any atom is 0.224 e. The number of nitrogens with zero attached hydrogens (tertiary/aromatic N) is 1. The molecule has 0 fully saturated rings. The number of H-pyrrole nitrogens is 1. The molecule has 1 heterocycles. The fourth-order valence-electron chi connectivity index (χ4n) is 3.12. The van der Waals surface area contributed by atoms with Gasteiger partial charge in [0.25, 0.3) is 0 Å². The Morgan fingerprint density at radius 2 is 1.56 bits per heavy atom. The SMILES string of the molecule is O=CC(Cc1cnc[nH]1)NC(=O)C(Cc1ccccc1)Cc1ccccc1. The Balaban J connectivity index is 1.71. The van der Waals surface area contributed by atoms with Crippen LogP contribution in [0.25, 0.3) is 0 Å². The maximum absolute atomic E-state index is 13.0. The van der Waals surface area contributed by atoms with Crippen LogP contribution in [0.1, 0.15) is 16.8 Å². The molecule has 3 rings (SSSR count). The molecule has 0 saturated heterocycles. The molecule has 27 heavy (non-hydrogen) atoms. The van der Waals surface area contributed by atoms with Crippen LogP contribution < -0.4 is 5.32 Å². The molecule has 1 aromatic heterocycles. The van der Waals surface area contributed by atoms with Gasteiger partial charge in [0.1, 0.15) is 6.29 Å². The standard InChI is InChI=1S/C22H23N3O2/c26-15-21(13-20-14-23-16-24-20)25-22(27)19(11-17-7-3-1-4-8-17)12-18-9-5-2-6-10-18/h1-10,14-16,19,21H,11-13H2,(H,23,24)(H,25,27). The molecule has 1 unspecified atom stereocenters. The Bertz CT molecular complexity index is 791. The minimum atomic E-state index is -0.577. The van der Waals surface area contributed by atoms with Crippen LogP contribution in [-0.2, 0) is 28.9 Å². The highest BCUT2D eigenvalue weighted by atomic mass is 16.2. The normalized spacial score (nSPS) is 11.9. The molecule has 0 aliphatic carbocycles. The summed E-state index contributed by atoms with van der Waals surface area (Å²) in [4.78, 5) is 31.3. The zero-order chi connectivity index (χ0) is 18.9. The van der Waals surface area contributed by atoms with Gasteiger partial charge in [0.2, 0.25) is 5.91 Å². The molecular weight excluding hydrogens is 338 g/mol. The first-order valence-corrected chi connectivity index (χ1v) is 9.05. The minimum absolute atomic E-state index is 0.112. The van der Waals surface area contributed by atoms with E-state index in [0.29, 0.717) is 19.3 Å². The van der Waals surface area contributed by atoms with Gasteiger partial charge in [-0.25, -0.2) is 4.98 Å². The van der Waals surface area contributed by atoms with Crippen molar-refractivity contribution in [3.05, 3.63) is 90.0 Å². The van der Waals surface area contributed by atoms with Crippen LogP contribution in [0.3, 0.4) is 0 Å². The Morgan fingerprint density at radius 3 is 2.04 bits per heavy atom. The van der Waals surface area contributed by atoms with Crippen LogP contribution in [0, 0.1) is 5.92 Å². The summed E-state index contributed by atoms with van der Waals surface area (Å²) in [6.07, 6.45) is 5.65. The van der Waals surface area contributed by atoms with E-state index in [4.69, 9.17) is 0 Å². The molecule has 2 aromatic carbocycles. The van der Waals surface area contributed by atoms with E-state index in [-0.39, 0.29) is 11.8 Å². The number of nitrogens with one attached hydrogen (secondary N) is 2. The average molecular weight is 361 g/mol. The van der Waals surface area contributed by atoms with Crippen molar-refractivity contribution >= 4 is 12.2 Å². The molecular formula is C22H23N3O2. The molecule has 0 bridgehead atoms.